The maximum Gasteiger partial charge on any atom is 0.0485 e. The molecule has 2 aromatic carbocycles. The van der Waals surface area contributed by atoms with Crippen molar-refractivity contribution in [3.05, 3.63) is 64.2 Å². The fraction of sp³-hybridized carbons (Fsp3) is 0.250. The molecule has 94 valence electrons. The number of aryl methyl sites for hydroxylation is 2. The van der Waals surface area contributed by atoms with Crippen molar-refractivity contribution in [2.75, 3.05) is 5.32 Å². The molecule has 2 aromatic rings. The molecule has 0 radical (unpaired) electrons. The van der Waals surface area contributed by atoms with Crippen LogP contribution in [-0.2, 0) is 0 Å². The highest BCUT2D eigenvalue weighted by atomic mass is 35.5. The Balaban J connectivity index is 2.15. The van der Waals surface area contributed by atoms with Gasteiger partial charge >= 0.3 is 0 Å². The fourth-order valence-corrected chi connectivity index (χ4v) is 2.17. The number of anilines is 1. The monoisotopic (exact) mass is 259 g/mol. The lowest BCUT2D eigenvalue weighted by atomic mass is 10.1. The Hall–Kier alpha value is -1.47. The van der Waals surface area contributed by atoms with Crippen LogP contribution in [0.5, 0.6) is 0 Å². The van der Waals surface area contributed by atoms with E-state index in [2.05, 4.69) is 56.4 Å². The van der Waals surface area contributed by atoms with Crippen LogP contribution in [0.3, 0.4) is 0 Å². The molecule has 0 aromatic heterocycles. The van der Waals surface area contributed by atoms with Crippen LogP contribution < -0.4 is 5.32 Å². The molecular weight excluding hydrogens is 242 g/mol. The standard InChI is InChI=1S/C16H18ClN/c1-11-4-9-16(12(2)10-11)18-13(3)14-5-7-15(17)8-6-14/h4-10,13,18H,1-3H3. The van der Waals surface area contributed by atoms with E-state index in [0.717, 1.165) is 5.02 Å². The molecule has 0 heterocycles. The fourth-order valence-electron chi connectivity index (χ4n) is 2.04. The third-order valence-corrected chi connectivity index (χ3v) is 3.38. The van der Waals surface area contributed by atoms with E-state index in [9.17, 15) is 0 Å². The van der Waals surface area contributed by atoms with Crippen LogP contribution in [0.25, 0.3) is 0 Å². The van der Waals surface area contributed by atoms with Gasteiger partial charge in [0, 0.05) is 16.8 Å². The largest absolute Gasteiger partial charge is 0.378 e. The highest BCUT2D eigenvalue weighted by Crippen LogP contribution is 2.23. The summed E-state index contributed by atoms with van der Waals surface area (Å²) < 4.78 is 0. The van der Waals surface area contributed by atoms with Crippen molar-refractivity contribution in [2.45, 2.75) is 26.8 Å². The van der Waals surface area contributed by atoms with E-state index in [1.165, 1.54) is 22.4 Å². The van der Waals surface area contributed by atoms with Gasteiger partial charge in [-0.3, -0.25) is 0 Å². The molecule has 0 aliphatic rings. The summed E-state index contributed by atoms with van der Waals surface area (Å²) in [6, 6.07) is 14.7. The average Bonchev–Trinajstić information content (AvgIpc) is 2.33. The molecule has 0 aliphatic carbocycles. The second kappa shape index (κ2) is 5.45. The van der Waals surface area contributed by atoms with Crippen LogP contribution in [-0.4, -0.2) is 0 Å². The summed E-state index contributed by atoms with van der Waals surface area (Å²) in [7, 11) is 0. The summed E-state index contributed by atoms with van der Waals surface area (Å²) in [5.41, 5.74) is 4.98. The molecule has 1 atom stereocenters. The van der Waals surface area contributed by atoms with Gasteiger partial charge in [0.05, 0.1) is 0 Å². The number of nitrogens with one attached hydrogen (secondary N) is 1. The zero-order chi connectivity index (χ0) is 13.1. The molecular formula is C16H18ClN. The summed E-state index contributed by atoms with van der Waals surface area (Å²) in [5, 5.41) is 4.31. The maximum atomic E-state index is 5.90. The number of rotatable bonds is 3. The molecule has 1 nitrogen and oxygen atoms in total. The first-order valence-electron chi connectivity index (χ1n) is 6.15. The van der Waals surface area contributed by atoms with Gasteiger partial charge in [-0.2, -0.15) is 0 Å². The highest BCUT2D eigenvalue weighted by molar-refractivity contribution is 6.30. The minimum absolute atomic E-state index is 0.267. The molecule has 0 aliphatic heterocycles. The van der Waals surface area contributed by atoms with Gasteiger partial charge in [0.15, 0.2) is 0 Å². The van der Waals surface area contributed by atoms with Crippen LogP contribution >= 0.6 is 11.6 Å². The number of halogens is 1. The van der Waals surface area contributed by atoms with E-state index in [1.54, 1.807) is 0 Å². The molecule has 0 saturated heterocycles. The minimum Gasteiger partial charge on any atom is -0.378 e. The summed E-state index contributed by atoms with van der Waals surface area (Å²) in [5.74, 6) is 0. The lowest BCUT2D eigenvalue weighted by molar-refractivity contribution is 0.882. The molecule has 1 unspecified atom stereocenters. The molecule has 1 N–H and O–H groups in total. The second-order valence-electron chi connectivity index (χ2n) is 4.74. The zero-order valence-electron chi connectivity index (χ0n) is 11.0. The van der Waals surface area contributed by atoms with Crippen molar-refractivity contribution in [1.29, 1.82) is 0 Å². The van der Waals surface area contributed by atoms with Gasteiger partial charge in [0.25, 0.3) is 0 Å². The quantitative estimate of drug-likeness (QED) is 0.806. The minimum atomic E-state index is 0.267. The van der Waals surface area contributed by atoms with Gasteiger partial charge in [0.2, 0.25) is 0 Å². The van der Waals surface area contributed by atoms with Crippen LogP contribution in [0.15, 0.2) is 42.5 Å². The van der Waals surface area contributed by atoms with Gasteiger partial charge in [-0.1, -0.05) is 41.4 Å². The van der Waals surface area contributed by atoms with Gasteiger partial charge in [-0.05, 0) is 50.1 Å². The van der Waals surface area contributed by atoms with E-state index < -0.39 is 0 Å². The van der Waals surface area contributed by atoms with E-state index in [4.69, 9.17) is 11.6 Å². The van der Waals surface area contributed by atoms with Gasteiger partial charge in [0.1, 0.15) is 0 Å². The maximum absolute atomic E-state index is 5.90. The third-order valence-electron chi connectivity index (χ3n) is 3.12. The van der Waals surface area contributed by atoms with Crippen molar-refractivity contribution in [1.82, 2.24) is 0 Å². The molecule has 2 heteroatoms. The first-order valence-corrected chi connectivity index (χ1v) is 6.53. The lowest BCUT2D eigenvalue weighted by Gasteiger charge is -2.18. The number of benzene rings is 2. The summed E-state index contributed by atoms with van der Waals surface area (Å²) >= 11 is 5.90. The van der Waals surface area contributed by atoms with E-state index in [-0.39, 0.29) is 6.04 Å². The Kier molecular flexibility index (Phi) is 3.93. The molecule has 0 spiro atoms. The Morgan fingerprint density at radius 3 is 2.28 bits per heavy atom. The summed E-state index contributed by atoms with van der Waals surface area (Å²) in [6.07, 6.45) is 0. The predicted molar refractivity (Wildman–Crippen MR) is 79.4 cm³/mol. The topological polar surface area (TPSA) is 12.0 Å². The summed E-state index contributed by atoms with van der Waals surface area (Å²) in [6.45, 7) is 6.39. The first kappa shape index (κ1) is 13.0. The van der Waals surface area contributed by atoms with Gasteiger partial charge in [-0.25, -0.2) is 0 Å². The Bertz CT molecular complexity index is 531. The molecule has 18 heavy (non-hydrogen) atoms. The Morgan fingerprint density at radius 1 is 1.00 bits per heavy atom. The molecule has 0 bridgehead atoms. The highest BCUT2D eigenvalue weighted by Gasteiger charge is 2.06. The predicted octanol–water partition coefficient (Wildman–Crippen LogP) is 5.13. The van der Waals surface area contributed by atoms with Gasteiger partial charge in [-0.15, -0.1) is 0 Å². The molecule has 0 fully saturated rings. The van der Waals surface area contributed by atoms with Crippen molar-refractivity contribution in [2.24, 2.45) is 0 Å². The second-order valence-corrected chi connectivity index (χ2v) is 5.17. The molecule has 0 saturated carbocycles. The number of hydrogen-bond donors (Lipinski definition) is 1. The van der Waals surface area contributed by atoms with Crippen LogP contribution in [0.4, 0.5) is 5.69 Å². The zero-order valence-corrected chi connectivity index (χ0v) is 11.8. The van der Waals surface area contributed by atoms with E-state index in [0.29, 0.717) is 0 Å². The molecule has 2 rings (SSSR count). The molecule has 0 amide bonds. The summed E-state index contributed by atoms with van der Waals surface area (Å²) in [4.78, 5) is 0. The first-order chi connectivity index (χ1) is 8.56. The van der Waals surface area contributed by atoms with E-state index >= 15 is 0 Å². The van der Waals surface area contributed by atoms with Crippen molar-refractivity contribution < 1.29 is 0 Å². The lowest BCUT2D eigenvalue weighted by Crippen LogP contribution is -2.07. The van der Waals surface area contributed by atoms with Crippen molar-refractivity contribution in [3.63, 3.8) is 0 Å². The number of hydrogen-bond acceptors (Lipinski definition) is 1. The van der Waals surface area contributed by atoms with Crippen molar-refractivity contribution >= 4 is 17.3 Å². The van der Waals surface area contributed by atoms with Crippen LogP contribution in [0, 0.1) is 13.8 Å². The average molecular weight is 260 g/mol. The van der Waals surface area contributed by atoms with Gasteiger partial charge < -0.3 is 5.32 Å². The third kappa shape index (κ3) is 3.05. The van der Waals surface area contributed by atoms with E-state index in [1.807, 2.05) is 12.1 Å². The smallest absolute Gasteiger partial charge is 0.0485 e. The SMILES string of the molecule is Cc1ccc(NC(C)c2ccc(Cl)cc2)c(C)c1. The van der Waals surface area contributed by atoms with Crippen LogP contribution in [0.2, 0.25) is 5.02 Å². The Labute approximate surface area is 114 Å². The van der Waals surface area contributed by atoms with Crippen molar-refractivity contribution in [3.8, 4) is 0 Å². The Morgan fingerprint density at radius 2 is 1.67 bits per heavy atom. The van der Waals surface area contributed by atoms with Crippen LogP contribution in [0.1, 0.15) is 29.7 Å². The normalized spacial score (nSPS) is 12.2.